The number of hydrogen-bond acceptors (Lipinski definition) is 1. The largest absolute Gasteiger partial charge is 0.207 e. The molecule has 47 valence electrons. The van der Waals surface area contributed by atoms with Gasteiger partial charge in [-0.1, -0.05) is 6.07 Å². The lowest BCUT2D eigenvalue weighted by atomic mass is 10.4. The third-order valence-electron chi connectivity index (χ3n) is 0.892. The second-order valence-corrected chi connectivity index (χ2v) is 2.68. The summed E-state index contributed by atoms with van der Waals surface area (Å²) in [5.74, 6) is -0.232. The molecule has 0 fully saturated rings. The molecule has 0 nitrogen and oxygen atoms in total. The van der Waals surface area contributed by atoms with Gasteiger partial charge in [-0.15, -0.1) is 0 Å². The number of hydrogen-bond donors (Lipinski definition) is 0. The van der Waals surface area contributed by atoms with Gasteiger partial charge in [0.15, 0.2) is 0 Å². The van der Waals surface area contributed by atoms with Crippen molar-refractivity contribution in [2.45, 2.75) is 4.90 Å². The van der Waals surface area contributed by atoms with E-state index in [2.05, 4.69) is 11.7 Å². The SMILES string of the molecule is Fc1cccc(S[S])c1. The topological polar surface area (TPSA) is 0 Å². The number of halogens is 1. The van der Waals surface area contributed by atoms with Crippen molar-refractivity contribution in [3.05, 3.63) is 30.1 Å². The van der Waals surface area contributed by atoms with Gasteiger partial charge in [-0.2, -0.15) is 0 Å². The van der Waals surface area contributed by atoms with Crippen LogP contribution in [0.1, 0.15) is 0 Å². The fraction of sp³-hybridized carbons (Fsp3) is 0. The highest BCUT2D eigenvalue weighted by Gasteiger charge is 1.90. The summed E-state index contributed by atoms with van der Waals surface area (Å²) in [6.45, 7) is 0. The summed E-state index contributed by atoms with van der Waals surface area (Å²) in [6, 6.07) is 6.23. The quantitative estimate of drug-likeness (QED) is 0.567. The second kappa shape index (κ2) is 3.13. The summed E-state index contributed by atoms with van der Waals surface area (Å²) < 4.78 is 12.3. The van der Waals surface area contributed by atoms with E-state index in [0.717, 1.165) is 15.7 Å². The maximum Gasteiger partial charge on any atom is 0.124 e. The Labute approximate surface area is 62.3 Å². The Hall–Kier alpha value is -0.150. The molecule has 0 heterocycles. The molecule has 1 radical (unpaired) electrons. The van der Waals surface area contributed by atoms with Gasteiger partial charge in [-0.25, -0.2) is 4.39 Å². The molecule has 0 unspecified atom stereocenters. The van der Waals surface area contributed by atoms with Crippen molar-refractivity contribution in [3.63, 3.8) is 0 Å². The van der Waals surface area contributed by atoms with Crippen LogP contribution in [0, 0.1) is 5.82 Å². The zero-order valence-corrected chi connectivity index (χ0v) is 6.14. The van der Waals surface area contributed by atoms with Crippen molar-refractivity contribution in [2.24, 2.45) is 0 Å². The van der Waals surface area contributed by atoms with Crippen LogP contribution in [0.4, 0.5) is 4.39 Å². The van der Waals surface area contributed by atoms with Crippen LogP contribution in [0.5, 0.6) is 0 Å². The lowest BCUT2D eigenvalue weighted by molar-refractivity contribution is 0.624. The summed E-state index contributed by atoms with van der Waals surface area (Å²) >= 11 is 4.63. The highest BCUT2D eigenvalue weighted by molar-refractivity contribution is 8.68. The first-order valence-electron chi connectivity index (χ1n) is 2.38. The third-order valence-corrected chi connectivity index (χ3v) is 1.92. The molecule has 0 spiro atoms. The molecule has 0 aliphatic carbocycles. The molecule has 0 aliphatic rings. The lowest BCUT2D eigenvalue weighted by Crippen LogP contribution is -1.70. The van der Waals surface area contributed by atoms with Crippen LogP contribution in [0.2, 0.25) is 0 Å². The smallest absolute Gasteiger partial charge is 0.124 e. The Morgan fingerprint density at radius 2 is 2.22 bits per heavy atom. The maximum absolute atomic E-state index is 12.3. The Morgan fingerprint density at radius 1 is 1.44 bits per heavy atom. The van der Waals surface area contributed by atoms with Gasteiger partial charge in [-0.3, -0.25) is 0 Å². The standard InChI is InChI=1S/C6H4FS2/c7-5-2-1-3-6(4-5)9-8/h1-4H. The van der Waals surface area contributed by atoms with Crippen LogP contribution in [-0.2, 0) is 0 Å². The predicted molar refractivity (Wildman–Crippen MR) is 39.8 cm³/mol. The van der Waals surface area contributed by atoms with Gasteiger partial charge < -0.3 is 0 Å². The highest BCUT2D eigenvalue weighted by Crippen LogP contribution is 2.20. The molecule has 0 N–H and O–H groups in total. The Bertz CT molecular complexity index is 200. The van der Waals surface area contributed by atoms with Gasteiger partial charge in [0.2, 0.25) is 0 Å². The minimum Gasteiger partial charge on any atom is -0.207 e. The lowest BCUT2D eigenvalue weighted by Gasteiger charge is -1.90. The summed E-state index contributed by atoms with van der Waals surface area (Å²) in [5, 5.41) is 0. The van der Waals surface area contributed by atoms with Crippen LogP contribution in [0.15, 0.2) is 29.2 Å². The number of benzene rings is 1. The summed E-state index contributed by atoms with van der Waals surface area (Å²) in [4.78, 5) is 0.782. The molecule has 0 amide bonds. The molecule has 3 heteroatoms. The normalized spacial score (nSPS) is 9.56. The van der Waals surface area contributed by atoms with Crippen LogP contribution in [0.3, 0.4) is 0 Å². The highest BCUT2D eigenvalue weighted by atomic mass is 33.1. The molecule has 0 saturated heterocycles. The van der Waals surface area contributed by atoms with E-state index in [9.17, 15) is 4.39 Å². The first kappa shape index (κ1) is 6.96. The molecular weight excluding hydrogens is 155 g/mol. The first-order valence-corrected chi connectivity index (χ1v) is 4.12. The van der Waals surface area contributed by atoms with Crippen molar-refractivity contribution < 1.29 is 4.39 Å². The molecular formula is C6H4FS2. The second-order valence-electron chi connectivity index (χ2n) is 1.54. The predicted octanol–water partition coefficient (Wildman–Crippen LogP) is 3.03. The van der Waals surface area contributed by atoms with Crippen LogP contribution in [0.25, 0.3) is 0 Å². The zero-order valence-electron chi connectivity index (χ0n) is 4.50. The van der Waals surface area contributed by atoms with Crippen LogP contribution >= 0.6 is 22.5 Å². The number of rotatable bonds is 1. The molecule has 0 bridgehead atoms. The van der Waals surface area contributed by atoms with Crippen molar-refractivity contribution in [2.75, 3.05) is 0 Å². The average molecular weight is 159 g/mol. The maximum atomic E-state index is 12.3. The van der Waals surface area contributed by atoms with Crippen molar-refractivity contribution in [1.29, 1.82) is 0 Å². The summed E-state index contributed by atoms with van der Waals surface area (Å²) in [6.07, 6.45) is 0. The summed E-state index contributed by atoms with van der Waals surface area (Å²) in [7, 11) is 1.13. The van der Waals surface area contributed by atoms with E-state index in [-0.39, 0.29) is 5.82 Å². The van der Waals surface area contributed by atoms with Gasteiger partial charge in [0.25, 0.3) is 0 Å². The van der Waals surface area contributed by atoms with Gasteiger partial charge in [0.1, 0.15) is 5.82 Å². The van der Waals surface area contributed by atoms with Crippen molar-refractivity contribution >= 4 is 22.5 Å². The van der Waals surface area contributed by atoms with Gasteiger partial charge in [0, 0.05) is 4.90 Å². The fourth-order valence-electron chi connectivity index (χ4n) is 0.519. The summed E-state index contributed by atoms with van der Waals surface area (Å²) in [5.41, 5.74) is 0. The Morgan fingerprint density at radius 3 is 2.67 bits per heavy atom. The molecule has 0 aromatic heterocycles. The molecule has 1 aromatic rings. The van der Waals surface area contributed by atoms with Crippen molar-refractivity contribution in [3.8, 4) is 0 Å². The van der Waals surface area contributed by atoms with E-state index in [1.165, 1.54) is 12.1 Å². The van der Waals surface area contributed by atoms with E-state index in [1.54, 1.807) is 12.1 Å². The molecule has 1 aromatic carbocycles. The van der Waals surface area contributed by atoms with E-state index in [0.29, 0.717) is 0 Å². The third kappa shape index (κ3) is 1.91. The van der Waals surface area contributed by atoms with Crippen molar-refractivity contribution in [1.82, 2.24) is 0 Å². The van der Waals surface area contributed by atoms with Gasteiger partial charge in [-0.05, 0) is 40.7 Å². The monoisotopic (exact) mass is 159 g/mol. The zero-order chi connectivity index (χ0) is 6.69. The Balaban J connectivity index is 2.94. The molecule has 9 heavy (non-hydrogen) atoms. The molecule has 0 aliphatic heterocycles. The Kier molecular flexibility index (Phi) is 2.42. The van der Waals surface area contributed by atoms with Gasteiger partial charge in [0.05, 0.1) is 0 Å². The fourth-order valence-corrected chi connectivity index (χ4v) is 1.12. The molecule has 1 rings (SSSR count). The minimum atomic E-state index is -0.232. The van der Waals surface area contributed by atoms with E-state index in [4.69, 9.17) is 0 Å². The van der Waals surface area contributed by atoms with E-state index >= 15 is 0 Å². The molecule has 0 saturated carbocycles. The average Bonchev–Trinajstić information content (AvgIpc) is 1.88. The molecule has 0 atom stereocenters. The first-order chi connectivity index (χ1) is 4.33. The van der Waals surface area contributed by atoms with Crippen LogP contribution in [-0.4, -0.2) is 0 Å². The van der Waals surface area contributed by atoms with Gasteiger partial charge >= 0.3 is 0 Å². The van der Waals surface area contributed by atoms with Crippen LogP contribution < -0.4 is 0 Å². The minimum absolute atomic E-state index is 0.232. The van der Waals surface area contributed by atoms with E-state index in [1.807, 2.05) is 0 Å². The van der Waals surface area contributed by atoms with E-state index < -0.39 is 0 Å².